The Kier molecular flexibility index (Phi) is 3.78. The zero-order chi connectivity index (χ0) is 21.1. The van der Waals surface area contributed by atoms with Crippen LogP contribution in [0.25, 0.3) is 22.3 Å². The third-order valence-corrected chi connectivity index (χ3v) is 5.60. The van der Waals surface area contributed by atoms with E-state index >= 15 is 0 Å². The van der Waals surface area contributed by atoms with E-state index in [4.69, 9.17) is 21.1 Å². The van der Waals surface area contributed by atoms with Crippen LogP contribution >= 0.6 is 11.6 Å². The molecule has 2 amide bonds. The fourth-order valence-electron chi connectivity index (χ4n) is 3.93. The SMILES string of the molecule is O=C1c2cnc3n[nH]c(-c4ccc(Cl)cc4)c3c2C(=O)N1c1ccc2c(c1)OCCO2. The van der Waals surface area contributed by atoms with Crippen molar-refractivity contribution in [2.75, 3.05) is 18.1 Å². The number of nitrogens with zero attached hydrogens (tertiary/aromatic N) is 3. The number of carbonyl (C=O) groups excluding carboxylic acids is 2. The lowest BCUT2D eigenvalue weighted by atomic mass is 10.0. The number of hydrogen-bond donors (Lipinski definition) is 1. The maximum absolute atomic E-state index is 13.5. The number of carbonyl (C=O) groups is 2. The summed E-state index contributed by atoms with van der Waals surface area (Å²) >= 11 is 6.00. The van der Waals surface area contributed by atoms with Gasteiger partial charge in [0.25, 0.3) is 11.8 Å². The summed E-state index contributed by atoms with van der Waals surface area (Å²) in [4.78, 5) is 32.1. The predicted octanol–water partition coefficient (Wildman–Crippen LogP) is 3.85. The summed E-state index contributed by atoms with van der Waals surface area (Å²) in [6, 6.07) is 12.1. The van der Waals surface area contributed by atoms with E-state index in [2.05, 4.69) is 15.2 Å². The molecule has 4 heterocycles. The van der Waals surface area contributed by atoms with Gasteiger partial charge in [0.1, 0.15) is 13.2 Å². The minimum atomic E-state index is -0.450. The molecule has 0 unspecified atom stereocenters. The third kappa shape index (κ3) is 2.62. The Balaban J connectivity index is 1.51. The summed E-state index contributed by atoms with van der Waals surface area (Å²) in [7, 11) is 0. The Morgan fingerprint density at radius 3 is 2.55 bits per heavy atom. The van der Waals surface area contributed by atoms with Crippen LogP contribution in [0.15, 0.2) is 48.7 Å². The Labute approximate surface area is 180 Å². The number of ether oxygens (including phenoxy) is 2. The van der Waals surface area contributed by atoms with Gasteiger partial charge >= 0.3 is 0 Å². The molecule has 0 fully saturated rings. The minimum absolute atomic E-state index is 0.226. The number of hydrogen-bond acceptors (Lipinski definition) is 6. The number of halogens is 1. The van der Waals surface area contributed by atoms with Gasteiger partial charge in [0.05, 0.1) is 27.9 Å². The fraction of sp³-hybridized carbons (Fsp3) is 0.0909. The van der Waals surface area contributed by atoms with Crippen molar-refractivity contribution in [3.63, 3.8) is 0 Å². The van der Waals surface area contributed by atoms with Crippen molar-refractivity contribution < 1.29 is 19.1 Å². The molecule has 0 saturated carbocycles. The number of nitrogens with one attached hydrogen (secondary N) is 1. The van der Waals surface area contributed by atoms with Gasteiger partial charge in [-0.25, -0.2) is 9.88 Å². The van der Waals surface area contributed by atoms with Crippen molar-refractivity contribution >= 4 is 40.1 Å². The van der Waals surface area contributed by atoms with Crippen LogP contribution in [0.5, 0.6) is 11.5 Å². The zero-order valence-corrected chi connectivity index (χ0v) is 16.6. The number of pyridine rings is 1. The number of aromatic nitrogens is 3. The molecule has 0 bridgehead atoms. The van der Waals surface area contributed by atoms with E-state index in [0.717, 1.165) is 10.5 Å². The van der Waals surface area contributed by atoms with Crippen molar-refractivity contribution in [2.24, 2.45) is 0 Å². The molecule has 9 heteroatoms. The molecule has 0 atom stereocenters. The van der Waals surface area contributed by atoms with Gasteiger partial charge in [-0.2, -0.15) is 5.10 Å². The predicted molar refractivity (Wildman–Crippen MR) is 113 cm³/mol. The molecule has 2 aliphatic heterocycles. The van der Waals surface area contributed by atoms with Gasteiger partial charge in [-0.3, -0.25) is 14.7 Å². The van der Waals surface area contributed by atoms with Crippen LogP contribution < -0.4 is 14.4 Å². The van der Waals surface area contributed by atoms with E-state index in [0.29, 0.717) is 52.2 Å². The lowest BCUT2D eigenvalue weighted by molar-refractivity contribution is 0.0926. The number of fused-ring (bicyclic) bond motifs is 4. The largest absolute Gasteiger partial charge is 0.486 e. The van der Waals surface area contributed by atoms with Crippen LogP contribution in [-0.4, -0.2) is 40.2 Å². The molecule has 0 spiro atoms. The number of aromatic amines is 1. The Morgan fingerprint density at radius 2 is 1.74 bits per heavy atom. The minimum Gasteiger partial charge on any atom is -0.486 e. The van der Waals surface area contributed by atoms with Gasteiger partial charge in [0.15, 0.2) is 17.1 Å². The highest BCUT2D eigenvalue weighted by Gasteiger charge is 2.40. The molecule has 2 aromatic heterocycles. The van der Waals surface area contributed by atoms with Gasteiger partial charge in [-0.15, -0.1) is 0 Å². The molecule has 8 nitrogen and oxygen atoms in total. The van der Waals surface area contributed by atoms with Gasteiger partial charge in [-0.1, -0.05) is 23.7 Å². The summed E-state index contributed by atoms with van der Waals surface area (Å²) in [5.41, 5.74) is 2.63. The number of amides is 2. The number of H-pyrrole nitrogens is 1. The Bertz CT molecular complexity index is 1400. The van der Waals surface area contributed by atoms with E-state index < -0.39 is 11.8 Å². The first kappa shape index (κ1) is 17.9. The van der Waals surface area contributed by atoms with Crippen LogP contribution in [0.3, 0.4) is 0 Å². The highest BCUT2D eigenvalue weighted by molar-refractivity contribution is 6.38. The van der Waals surface area contributed by atoms with Crippen LogP contribution in [-0.2, 0) is 0 Å². The van der Waals surface area contributed by atoms with Gasteiger partial charge in [0.2, 0.25) is 0 Å². The molecule has 2 aliphatic rings. The molecular formula is C22H13ClN4O4. The molecule has 0 aliphatic carbocycles. The van der Waals surface area contributed by atoms with Crippen LogP contribution in [0, 0.1) is 0 Å². The summed E-state index contributed by atoms with van der Waals surface area (Å²) in [5, 5.41) is 8.25. The fourth-order valence-corrected chi connectivity index (χ4v) is 4.05. The van der Waals surface area contributed by atoms with Crippen molar-refractivity contribution in [3.8, 4) is 22.8 Å². The van der Waals surface area contributed by atoms with Crippen LogP contribution in [0.2, 0.25) is 5.02 Å². The first-order chi connectivity index (χ1) is 15.1. The monoisotopic (exact) mass is 432 g/mol. The van der Waals surface area contributed by atoms with Crippen LogP contribution in [0.1, 0.15) is 20.7 Å². The van der Waals surface area contributed by atoms with E-state index in [-0.39, 0.29) is 11.1 Å². The van der Waals surface area contributed by atoms with Gasteiger partial charge in [-0.05, 0) is 24.3 Å². The number of anilines is 1. The molecular weight excluding hydrogens is 420 g/mol. The van der Waals surface area contributed by atoms with E-state index in [1.54, 1.807) is 30.3 Å². The first-order valence-corrected chi connectivity index (χ1v) is 9.91. The second-order valence-electron chi connectivity index (χ2n) is 7.12. The van der Waals surface area contributed by atoms with E-state index in [1.807, 2.05) is 12.1 Å². The molecule has 31 heavy (non-hydrogen) atoms. The maximum Gasteiger partial charge on any atom is 0.267 e. The summed E-state index contributed by atoms with van der Waals surface area (Å²) < 4.78 is 11.1. The van der Waals surface area contributed by atoms with Crippen molar-refractivity contribution in [1.82, 2.24) is 15.2 Å². The van der Waals surface area contributed by atoms with Crippen molar-refractivity contribution in [3.05, 3.63) is 64.8 Å². The molecule has 2 aromatic carbocycles. The molecule has 0 saturated heterocycles. The highest BCUT2D eigenvalue weighted by atomic mass is 35.5. The second-order valence-corrected chi connectivity index (χ2v) is 7.56. The average Bonchev–Trinajstić information content (AvgIpc) is 3.33. The third-order valence-electron chi connectivity index (χ3n) is 5.35. The number of benzene rings is 2. The zero-order valence-electron chi connectivity index (χ0n) is 15.9. The smallest absolute Gasteiger partial charge is 0.267 e. The number of rotatable bonds is 2. The summed E-state index contributed by atoms with van der Waals surface area (Å²) in [6.45, 7) is 0.861. The van der Waals surface area contributed by atoms with Crippen LogP contribution in [0.4, 0.5) is 5.69 Å². The highest BCUT2D eigenvalue weighted by Crippen LogP contribution is 2.39. The first-order valence-electron chi connectivity index (χ1n) is 9.53. The standard InChI is InChI=1S/C22H13ClN4O4/c23-12-3-1-11(2-4-12)19-18-17-14(10-24-20(18)26-25-19)21(28)27(22(17)29)13-5-6-15-16(9-13)31-8-7-30-15/h1-6,9-10H,7-8H2,(H,24,25,26). The average molecular weight is 433 g/mol. The lowest BCUT2D eigenvalue weighted by Crippen LogP contribution is -2.29. The lowest BCUT2D eigenvalue weighted by Gasteiger charge is -2.21. The Morgan fingerprint density at radius 1 is 0.968 bits per heavy atom. The summed E-state index contributed by atoms with van der Waals surface area (Å²) in [6.07, 6.45) is 1.39. The second kappa shape index (κ2) is 6.55. The Hall–Kier alpha value is -3.91. The van der Waals surface area contributed by atoms with Gasteiger partial charge in [0, 0.05) is 22.8 Å². The maximum atomic E-state index is 13.5. The van der Waals surface area contributed by atoms with Gasteiger partial charge < -0.3 is 9.47 Å². The molecule has 6 rings (SSSR count). The van der Waals surface area contributed by atoms with Crippen molar-refractivity contribution in [2.45, 2.75) is 0 Å². The molecule has 152 valence electrons. The molecule has 0 radical (unpaired) electrons. The van der Waals surface area contributed by atoms with Crippen molar-refractivity contribution in [1.29, 1.82) is 0 Å². The normalized spacial score (nSPS) is 14.9. The molecule has 1 N–H and O–H groups in total. The quantitative estimate of drug-likeness (QED) is 0.483. The molecule has 4 aromatic rings. The number of imide groups is 1. The summed E-state index contributed by atoms with van der Waals surface area (Å²) in [5.74, 6) is 0.180. The van der Waals surface area contributed by atoms with E-state index in [1.165, 1.54) is 6.20 Å². The topological polar surface area (TPSA) is 97.4 Å². The van der Waals surface area contributed by atoms with E-state index in [9.17, 15) is 9.59 Å².